The molecule has 2 atom stereocenters. The van der Waals surface area contributed by atoms with Crippen LogP contribution < -0.4 is 10.9 Å². The van der Waals surface area contributed by atoms with E-state index in [1.165, 1.54) is 25.7 Å². The van der Waals surface area contributed by atoms with Gasteiger partial charge in [0.1, 0.15) is 5.39 Å². The Hall–Kier alpha value is -1.85. The number of hydrogen-bond donors (Lipinski definition) is 2. The maximum atomic E-state index is 12.3. The molecule has 0 saturated heterocycles. The molecule has 0 bridgehead atoms. The van der Waals surface area contributed by atoms with Crippen molar-refractivity contribution in [1.82, 2.24) is 19.7 Å². The van der Waals surface area contributed by atoms with Crippen LogP contribution in [0.4, 0.5) is 5.95 Å². The minimum absolute atomic E-state index is 0.135. The zero-order valence-electron chi connectivity index (χ0n) is 15.2. The van der Waals surface area contributed by atoms with Gasteiger partial charge in [0.05, 0.1) is 11.7 Å². The predicted molar refractivity (Wildman–Crippen MR) is 97.4 cm³/mol. The molecular formula is C18H29N5O. The summed E-state index contributed by atoms with van der Waals surface area (Å²) >= 11 is 0. The third kappa shape index (κ3) is 3.62. The second kappa shape index (κ2) is 6.57. The van der Waals surface area contributed by atoms with Crippen LogP contribution in [0.5, 0.6) is 0 Å². The smallest absolute Gasteiger partial charge is 0.263 e. The van der Waals surface area contributed by atoms with Gasteiger partial charge in [-0.05, 0) is 45.4 Å². The van der Waals surface area contributed by atoms with E-state index in [1.807, 2.05) is 4.68 Å². The lowest BCUT2D eigenvalue weighted by atomic mass is 9.81. The van der Waals surface area contributed by atoms with Crippen molar-refractivity contribution < 1.29 is 0 Å². The lowest BCUT2D eigenvalue weighted by molar-refractivity contribution is 0.274. The molecule has 1 fully saturated rings. The van der Waals surface area contributed by atoms with Gasteiger partial charge in [-0.3, -0.25) is 9.78 Å². The topological polar surface area (TPSA) is 75.6 Å². The first kappa shape index (κ1) is 17.0. The number of aromatic amines is 1. The molecule has 2 aromatic rings. The number of fused-ring (bicyclic) bond motifs is 1. The largest absolute Gasteiger partial charge is 0.356 e. The van der Waals surface area contributed by atoms with Crippen LogP contribution in [0.3, 0.4) is 0 Å². The van der Waals surface area contributed by atoms with Crippen LogP contribution in [-0.2, 0) is 5.54 Å². The minimum atomic E-state index is -0.210. The van der Waals surface area contributed by atoms with E-state index in [0.29, 0.717) is 17.0 Å². The summed E-state index contributed by atoms with van der Waals surface area (Å²) in [6.45, 7) is 9.36. The number of aromatic nitrogens is 4. The van der Waals surface area contributed by atoms with E-state index in [2.05, 4.69) is 48.1 Å². The molecule has 2 unspecified atom stereocenters. The molecule has 1 aliphatic rings. The van der Waals surface area contributed by atoms with Crippen molar-refractivity contribution in [3.63, 3.8) is 0 Å². The van der Waals surface area contributed by atoms with Gasteiger partial charge in [0.2, 0.25) is 5.95 Å². The standard InChI is InChI=1S/C18H29N5O/c1-12-6-5-7-13(10-12)8-9-19-17-21-15-14(16(24)22-17)11-20-23(15)18(2,3)4/h11-13H,5-10H2,1-4H3,(H2,19,21,22,24). The van der Waals surface area contributed by atoms with Gasteiger partial charge >= 0.3 is 0 Å². The molecule has 0 spiro atoms. The third-order valence-corrected chi connectivity index (χ3v) is 4.96. The fourth-order valence-electron chi connectivity index (χ4n) is 3.71. The second-order valence-electron chi connectivity index (χ2n) is 8.23. The molecule has 2 heterocycles. The van der Waals surface area contributed by atoms with E-state index in [-0.39, 0.29) is 11.1 Å². The average Bonchev–Trinajstić information content (AvgIpc) is 2.92. The van der Waals surface area contributed by atoms with E-state index in [1.54, 1.807) is 6.20 Å². The Labute approximate surface area is 143 Å². The average molecular weight is 331 g/mol. The summed E-state index contributed by atoms with van der Waals surface area (Å²) in [5.74, 6) is 2.18. The Bertz CT molecular complexity index is 755. The normalized spacial score (nSPS) is 22.0. The van der Waals surface area contributed by atoms with Gasteiger partial charge in [0.15, 0.2) is 5.65 Å². The van der Waals surface area contributed by atoms with E-state index in [4.69, 9.17) is 0 Å². The lowest BCUT2D eigenvalue weighted by Crippen LogP contribution is -2.24. The number of H-pyrrole nitrogens is 1. The monoisotopic (exact) mass is 331 g/mol. The molecular weight excluding hydrogens is 302 g/mol. The summed E-state index contributed by atoms with van der Waals surface area (Å²) in [7, 11) is 0. The molecule has 0 aliphatic heterocycles. The maximum Gasteiger partial charge on any atom is 0.263 e. The molecule has 3 rings (SSSR count). The van der Waals surface area contributed by atoms with Gasteiger partial charge in [-0.2, -0.15) is 10.1 Å². The Balaban J connectivity index is 1.72. The fraction of sp³-hybridized carbons (Fsp3) is 0.722. The summed E-state index contributed by atoms with van der Waals surface area (Å²) in [6.07, 6.45) is 8.08. The third-order valence-electron chi connectivity index (χ3n) is 4.96. The Kier molecular flexibility index (Phi) is 4.65. The Morgan fingerprint density at radius 1 is 1.38 bits per heavy atom. The van der Waals surface area contributed by atoms with Crippen molar-refractivity contribution in [2.45, 2.75) is 65.3 Å². The zero-order chi connectivity index (χ0) is 17.3. The van der Waals surface area contributed by atoms with Crippen molar-refractivity contribution in [2.24, 2.45) is 11.8 Å². The lowest BCUT2D eigenvalue weighted by Gasteiger charge is -2.26. The Morgan fingerprint density at radius 3 is 2.88 bits per heavy atom. The van der Waals surface area contributed by atoms with Crippen molar-refractivity contribution in [3.05, 3.63) is 16.6 Å². The molecule has 24 heavy (non-hydrogen) atoms. The maximum absolute atomic E-state index is 12.3. The van der Waals surface area contributed by atoms with Crippen molar-refractivity contribution >= 4 is 17.0 Å². The summed E-state index contributed by atoms with van der Waals surface area (Å²) in [4.78, 5) is 19.7. The number of anilines is 1. The van der Waals surface area contributed by atoms with Crippen LogP contribution in [-0.4, -0.2) is 26.3 Å². The highest BCUT2D eigenvalue weighted by Crippen LogP contribution is 2.30. The molecule has 0 aromatic carbocycles. The first-order valence-corrected chi connectivity index (χ1v) is 9.07. The van der Waals surface area contributed by atoms with Crippen LogP contribution in [0.15, 0.2) is 11.0 Å². The van der Waals surface area contributed by atoms with Crippen LogP contribution in [0.2, 0.25) is 0 Å². The van der Waals surface area contributed by atoms with Crippen LogP contribution in [0.25, 0.3) is 11.0 Å². The quantitative estimate of drug-likeness (QED) is 0.899. The first-order valence-electron chi connectivity index (χ1n) is 9.07. The molecule has 2 N–H and O–H groups in total. The van der Waals surface area contributed by atoms with Gasteiger partial charge in [0.25, 0.3) is 5.56 Å². The Morgan fingerprint density at radius 2 is 2.17 bits per heavy atom. The molecule has 0 amide bonds. The molecule has 132 valence electrons. The number of nitrogens with one attached hydrogen (secondary N) is 2. The highest BCUT2D eigenvalue weighted by molar-refractivity contribution is 5.74. The van der Waals surface area contributed by atoms with E-state index < -0.39 is 0 Å². The highest BCUT2D eigenvalue weighted by atomic mass is 16.1. The van der Waals surface area contributed by atoms with Crippen molar-refractivity contribution in [3.8, 4) is 0 Å². The summed E-state index contributed by atoms with van der Waals surface area (Å²) in [5, 5.41) is 8.18. The van der Waals surface area contributed by atoms with Gasteiger partial charge in [-0.25, -0.2) is 4.68 Å². The number of hydrogen-bond acceptors (Lipinski definition) is 4. The molecule has 1 aliphatic carbocycles. The fourth-order valence-corrected chi connectivity index (χ4v) is 3.71. The van der Waals surface area contributed by atoms with Crippen molar-refractivity contribution in [1.29, 1.82) is 0 Å². The zero-order valence-corrected chi connectivity index (χ0v) is 15.2. The molecule has 1 saturated carbocycles. The summed E-state index contributed by atoms with van der Waals surface area (Å²) in [5.41, 5.74) is 0.294. The van der Waals surface area contributed by atoms with Crippen LogP contribution in [0, 0.1) is 11.8 Å². The highest BCUT2D eigenvalue weighted by Gasteiger charge is 2.20. The van der Waals surface area contributed by atoms with E-state index in [0.717, 1.165) is 24.8 Å². The SMILES string of the molecule is CC1CCCC(CCNc2nc3c(cnn3C(C)(C)C)c(=O)[nH]2)C1. The van der Waals surface area contributed by atoms with Crippen LogP contribution >= 0.6 is 0 Å². The van der Waals surface area contributed by atoms with Gasteiger partial charge in [0, 0.05) is 6.54 Å². The van der Waals surface area contributed by atoms with Gasteiger partial charge in [-0.1, -0.05) is 26.2 Å². The molecule has 6 nitrogen and oxygen atoms in total. The number of rotatable bonds is 4. The predicted octanol–water partition coefficient (Wildman–Crippen LogP) is 3.50. The van der Waals surface area contributed by atoms with E-state index >= 15 is 0 Å². The molecule has 0 radical (unpaired) electrons. The van der Waals surface area contributed by atoms with Gasteiger partial charge in [-0.15, -0.1) is 0 Å². The summed E-state index contributed by atoms with van der Waals surface area (Å²) < 4.78 is 1.81. The first-order chi connectivity index (χ1) is 11.3. The molecule has 2 aromatic heterocycles. The molecule has 6 heteroatoms. The minimum Gasteiger partial charge on any atom is -0.356 e. The number of nitrogens with zero attached hydrogens (tertiary/aromatic N) is 3. The van der Waals surface area contributed by atoms with Gasteiger partial charge < -0.3 is 5.32 Å². The van der Waals surface area contributed by atoms with E-state index in [9.17, 15) is 4.79 Å². The van der Waals surface area contributed by atoms with Crippen molar-refractivity contribution in [2.75, 3.05) is 11.9 Å². The van der Waals surface area contributed by atoms with Crippen LogP contribution in [0.1, 0.15) is 59.8 Å². The summed E-state index contributed by atoms with van der Waals surface area (Å²) in [6, 6.07) is 0. The second-order valence-corrected chi connectivity index (χ2v) is 8.23.